The first-order chi connectivity index (χ1) is 9.72. The topological polar surface area (TPSA) is 63.5 Å². The van der Waals surface area contributed by atoms with Gasteiger partial charge < -0.3 is 4.74 Å². The molecule has 1 aromatic rings. The number of esters is 1. The maximum Gasteiger partial charge on any atom is 0.330 e. The molecule has 0 bridgehead atoms. The quantitative estimate of drug-likeness (QED) is 0.229. The molecule has 0 spiro atoms. The first-order valence-corrected chi connectivity index (χ1v) is 6.35. The van der Waals surface area contributed by atoms with Gasteiger partial charge in [-0.05, 0) is 30.2 Å². The SMILES string of the molecule is C=CC(=O)OCCCCON(C)N=Nc1ccccc1. The van der Waals surface area contributed by atoms with Crippen LogP contribution in [0.3, 0.4) is 0 Å². The highest BCUT2D eigenvalue weighted by molar-refractivity contribution is 5.81. The summed E-state index contributed by atoms with van der Waals surface area (Å²) >= 11 is 0. The lowest BCUT2D eigenvalue weighted by Crippen LogP contribution is -2.12. The maximum absolute atomic E-state index is 10.8. The van der Waals surface area contributed by atoms with Crippen molar-refractivity contribution < 1.29 is 14.4 Å². The lowest BCUT2D eigenvalue weighted by molar-refractivity contribution is -0.148. The number of ether oxygens (including phenoxy) is 1. The van der Waals surface area contributed by atoms with Crippen LogP contribution < -0.4 is 0 Å². The van der Waals surface area contributed by atoms with E-state index in [2.05, 4.69) is 16.9 Å². The van der Waals surface area contributed by atoms with E-state index in [9.17, 15) is 4.79 Å². The number of unbranched alkanes of at least 4 members (excludes halogenated alkanes) is 1. The molecule has 0 radical (unpaired) electrons. The van der Waals surface area contributed by atoms with Crippen molar-refractivity contribution in [1.82, 2.24) is 5.17 Å². The predicted octanol–water partition coefficient (Wildman–Crippen LogP) is 3.06. The molecular weight excluding hydrogens is 258 g/mol. The Morgan fingerprint density at radius 1 is 1.30 bits per heavy atom. The van der Waals surface area contributed by atoms with Crippen molar-refractivity contribution in [1.29, 1.82) is 0 Å². The third-order valence-electron chi connectivity index (χ3n) is 2.27. The Morgan fingerprint density at radius 3 is 2.70 bits per heavy atom. The van der Waals surface area contributed by atoms with Gasteiger partial charge in [-0.15, -0.1) is 5.11 Å². The molecule has 0 unspecified atom stereocenters. The van der Waals surface area contributed by atoms with Gasteiger partial charge in [0, 0.05) is 6.08 Å². The molecule has 0 aliphatic heterocycles. The molecule has 0 amide bonds. The van der Waals surface area contributed by atoms with Gasteiger partial charge in [0.1, 0.15) is 0 Å². The van der Waals surface area contributed by atoms with E-state index in [1.807, 2.05) is 30.3 Å². The van der Waals surface area contributed by atoms with Gasteiger partial charge in [-0.25, -0.2) is 4.79 Å². The largest absolute Gasteiger partial charge is 0.463 e. The number of hydrogen-bond acceptors (Lipinski definition) is 5. The highest BCUT2D eigenvalue weighted by Gasteiger charge is 1.97. The Balaban J connectivity index is 2.08. The van der Waals surface area contributed by atoms with Crippen LogP contribution in [-0.4, -0.2) is 31.4 Å². The first-order valence-electron chi connectivity index (χ1n) is 6.35. The molecule has 6 nitrogen and oxygen atoms in total. The summed E-state index contributed by atoms with van der Waals surface area (Å²) in [6.07, 6.45) is 2.63. The molecule has 0 saturated carbocycles. The van der Waals surface area contributed by atoms with Gasteiger partial charge in [-0.1, -0.05) is 24.8 Å². The fourth-order valence-corrected chi connectivity index (χ4v) is 1.27. The molecule has 1 aromatic carbocycles. The standard InChI is InChI=1S/C14H19N3O3/c1-3-14(18)19-11-7-8-12-20-17(2)16-15-13-9-5-4-6-10-13/h3-6,9-10H,1,7-8,11-12H2,2H3. The number of benzene rings is 1. The van der Waals surface area contributed by atoms with Crippen molar-refractivity contribution in [3.63, 3.8) is 0 Å². The molecule has 0 fully saturated rings. The Hall–Kier alpha value is -2.21. The second kappa shape index (κ2) is 9.69. The van der Waals surface area contributed by atoms with Crippen LogP contribution >= 0.6 is 0 Å². The number of hydrogen-bond donors (Lipinski definition) is 0. The molecule has 0 atom stereocenters. The molecule has 20 heavy (non-hydrogen) atoms. The maximum atomic E-state index is 10.8. The van der Waals surface area contributed by atoms with Crippen molar-refractivity contribution in [2.75, 3.05) is 20.3 Å². The number of hydroxylamine groups is 1. The zero-order valence-electron chi connectivity index (χ0n) is 11.6. The van der Waals surface area contributed by atoms with E-state index in [1.165, 1.54) is 5.17 Å². The van der Waals surface area contributed by atoms with E-state index >= 15 is 0 Å². The lowest BCUT2D eigenvalue weighted by Gasteiger charge is -2.10. The highest BCUT2D eigenvalue weighted by Crippen LogP contribution is 2.10. The second-order valence-corrected chi connectivity index (χ2v) is 3.90. The van der Waals surface area contributed by atoms with Crippen LogP contribution in [-0.2, 0) is 14.4 Å². The number of rotatable bonds is 9. The summed E-state index contributed by atoms with van der Waals surface area (Å²) in [6.45, 7) is 4.16. The van der Waals surface area contributed by atoms with Gasteiger partial charge in [0.15, 0.2) is 0 Å². The van der Waals surface area contributed by atoms with E-state index in [1.54, 1.807) is 7.05 Å². The third-order valence-corrected chi connectivity index (χ3v) is 2.27. The molecule has 0 aromatic heterocycles. The molecule has 6 heteroatoms. The molecular formula is C14H19N3O3. The Bertz CT molecular complexity index is 435. The fraction of sp³-hybridized carbons (Fsp3) is 0.357. The number of carbonyl (C=O) groups is 1. The van der Waals surface area contributed by atoms with Crippen LogP contribution in [0.1, 0.15) is 12.8 Å². The summed E-state index contributed by atoms with van der Waals surface area (Å²) in [5, 5.41) is 9.20. The zero-order chi connectivity index (χ0) is 14.6. The van der Waals surface area contributed by atoms with Crippen LogP contribution in [0.25, 0.3) is 0 Å². The van der Waals surface area contributed by atoms with Gasteiger partial charge in [-0.3, -0.25) is 4.84 Å². The average molecular weight is 277 g/mol. The van der Waals surface area contributed by atoms with Crippen LogP contribution in [0.5, 0.6) is 0 Å². The van der Waals surface area contributed by atoms with E-state index in [0.717, 1.165) is 24.6 Å². The van der Waals surface area contributed by atoms with Gasteiger partial charge in [0.05, 0.1) is 25.9 Å². The highest BCUT2D eigenvalue weighted by atomic mass is 16.7. The molecule has 0 N–H and O–H groups in total. The summed E-state index contributed by atoms with van der Waals surface area (Å²) in [6, 6.07) is 9.40. The summed E-state index contributed by atoms with van der Waals surface area (Å²) in [5.74, 6) is -0.403. The predicted molar refractivity (Wildman–Crippen MR) is 75.1 cm³/mol. The smallest absolute Gasteiger partial charge is 0.330 e. The van der Waals surface area contributed by atoms with Crippen LogP contribution in [0.4, 0.5) is 5.69 Å². The Morgan fingerprint density at radius 2 is 2.00 bits per heavy atom. The zero-order valence-corrected chi connectivity index (χ0v) is 11.6. The van der Waals surface area contributed by atoms with Gasteiger partial charge in [-0.2, -0.15) is 5.17 Å². The van der Waals surface area contributed by atoms with Crippen molar-refractivity contribution in [2.24, 2.45) is 10.3 Å². The summed E-state index contributed by atoms with van der Waals surface area (Å²) in [4.78, 5) is 16.1. The second-order valence-electron chi connectivity index (χ2n) is 3.90. The van der Waals surface area contributed by atoms with Crippen LogP contribution in [0.15, 0.2) is 53.3 Å². The fourth-order valence-electron chi connectivity index (χ4n) is 1.27. The van der Waals surface area contributed by atoms with Crippen molar-refractivity contribution >= 4 is 11.7 Å². The average Bonchev–Trinajstić information content (AvgIpc) is 2.49. The van der Waals surface area contributed by atoms with Crippen molar-refractivity contribution in [3.05, 3.63) is 43.0 Å². The van der Waals surface area contributed by atoms with Gasteiger partial charge in [0.25, 0.3) is 0 Å². The number of nitrogens with zero attached hydrogens (tertiary/aromatic N) is 3. The molecule has 108 valence electrons. The van der Waals surface area contributed by atoms with Crippen molar-refractivity contribution in [2.45, 2.75) is 12.8 Å². The van der Waals surface area contributed by atoms with E-state index in [-0.39, 0.29) is 0 Å². The van der Waals surface area contributed by atoms with Crippen LogP contribution in [0, 0.1) is 0 Å². The van der Waals surface area contributed by atoms with E-state index < -0.39 is 5.97 Å². The third kappa shape index (κ3) is 7.27. The van der Waals surface area contributed by atoms with Crippen molar-refractivity contribution in [3.8, 4) is 0 Å². The number of carbonyl (C=O) groups excluding carboxylic acids is 1. The Labute approximate surface area is 118 Å². The van der Waals surface area contributed by atoms with Gasteiger partial charge >= 0.3 is 5.97 Å². The normalized spacial score (nSPS) is 10.4. The minimum absolute atomic E-state index is 0.365. The molecule has 0 aliphatic carbocycles. The lowest BCUT2D eigenvalue weighted by atomic mass is 10.3. The summed E-state index contributed by atoms with van der Waals surface area (Å²) in [5.41, 5.74) is 0.763. The monoisotopic (exact) mass is 277 g/mol. The van der Waals surface area contributed by atoms with E-state index in [4.69, 9.17) is 9.57 Å². The molecule has 1 rings (SSSR count). The summed E-state index contributed by atoms with van der Waals surface area (Å²) < 4.78 is 4.84. The minimum atomic E-state index is -0.403. The van der Waals surface area contributed by atoms with Crippen LogP contribution in [0.2, 0.25) is 0 Å². The van der Waals surface area contributed by atoms with E-state index in [0.29, 0.717) is 13.2 Å². The molecule has 0 heterocycles. The first kappa shape index (κ1) is 15.8. The minimum Gasteiger partial charge on any atom is -0.463 e. The summed E-state index contributed by atoms with van der Waals surface area (Å²) in [7, 11) is 1.67. The Kier molecular flexibility index (Phi) is 7.67. The molecule has 0 saturated heterocycles. The van der Waals surface area contributed by atoms with Gasteiger partial charge in [0.2, 0.25) is 0 Å². The molecule has 0 aliphatic rings.